The van der Waals surface area contributed by atoms with Gasteiger partial charge in [0.2, 0.25) is 0 Å². The second kappa shape index (κ2) is 3.34. The summed E-state index contributed by atoms with van der Waals surface area (Å²) < 4.78 is 10.8. The lowest BCUT2D eigenvalue weighted by atomic mass is 9.97. The normalized spacial score (nSPS) is 19.4. The van der Waals surface area contributed by atoms with Gasteiger partial charge in [0, 0.05) is 12.0 Å². The Balaban J connectivity index is 1.82. The third-order valence-corrected chi connectivity index (χ3v) is 3.31. The topological polar surface area (TPSA) is 25.1 Å². The molecule has 1 atom stereocenters. The Kier molecular flexibility index (Phi) is 1.82. The van der Waals surface area contributed by atoms with Gasteiger partial charge in [0.25, 0.3) is 0 Å². The molecule has 2 nitrogen and oxygen atoms in total. The van der Waals surface area contributed by atoms with E-state index in [4.69, 9.17) is 9.47 Å². The Morgan fingerprint density at radius 2 is 1.88 bits per heavy atom. The van der Waals surface area contributed by atoms with E-state index in [1.165, 1.54) is 16.7 Å². The molecule has 1 fully saturated rings. The molecular weight excluding hydrogens is 212 g/mol. The number of ether oxygens (including phenoxy) is 2. The van der Waals surface area contributed by atoms with E-state index in [9.17, 15) is 0 Å². The molecule has 4 rings (SSSR count). The van der Waals surface area contributed by atoms with Gasteiger partial charge in [-0.25, -0.2) is 0 Å². The Hall–Kier alpha value is -1.80. The van der Waals surface area contributed by atoms with Crippen molar-refractivity contribution in [1.82, 2.24) is 0 Å². The van der Waals surface area contributed by atoms with E-state index in [0.717, 1.165) is 24.5 Å². The summed E-state index contributed by atoms with van der Waals surface area (Å²) in [5, 5.41) is 0. The smallest absolute Gasteiger partial charge is 0.174 e. The summed E-state index contributed by atoms with van der Waals surface area (Å²) in [6.07, 6.45) is 1.36. The average Bonchev–Trinajstić information content (AvgIpc) is 3.25. The van der Waals surface area contributed by atoms with Crippen LogP contribution in [0.1, 0.15) is 5.56 Å². The van der Waals surface area contributed by atoms with E-state index in [2.05, 4.69) is 36.4 Å². The van der Waals surface area contributed by atoms with Gasteiger partial charge in [-0.05, 0) is 17.2 Å². The minimum absolute atomic E-state index is 0.396. The summed E-state index contributed by atoms with van der Waals surface area (Å²) >= 11 is 0. The standard InChI is InChI=1S/C15H12O2/c1-2-4-10(5-3-1)12-6-7-14-15(17-14)13(12)8-11-9-16-11/h1-7,11H,8-9H2. The quantitative estimate of drug-likeness (QED) is 0.637. The van der Waals surface area contributed by atoms with E-state index in [-0.39, 0.29) is 0 Å². The van der Waals surface area contributed by atoms with Crippen LogP contribution in [0, 0.1) is 0 Å². The molecule has 2 heterocycles. The molecule has 0 amide bonds. The number of hydrogen-bond donors (Lipinski definition) is 0. The lowest BCUT2D eigenvalue weighted by Crippen LogP contribution is -1.94. The van der Waals surface area contributed by atoms with Crippen LogP contribution < -0.4 is 4.74 Å². The second-order valence-corrected chi connectivity index (χ2v) is 4.55. The van der Waals surface area contributed by atoms with Crippen LogP contribution in [0.4, 0.5) is 0 Å². The summed E-state index contributed by atoms with van der Waals surface area (Å²) in [5.74, 6) is 2.10. The minimum atomic E-state index is 0.396. The molecule has 84 valence electrons. The number of hydrogen-bond acceptors (Lipinski definition) is 2. The highest BCUT2D eigenvalue weighted by Gasteiger charge is 2.32. The van der Waals surface area contributed by atoms with Gasteiger partial charge in [-0.2, -0.15) is 0 Å². The Labute approximate surface area is 99.8 Å². The molecule has 17 heavy (non-hydrogen) atoms. The lowest BCUT2D eigenvalue weighted by molar-refractivity contribution is 0.407. The van der Waals surface area contributed by atoms with Gasteiger partial charge >= 0.3 is 0 Å². The van der Waals surface area contributed by atoms with Crippen LogP contribution in [0.2, 0.25) is 0 Å². The highest BCUT2D eigenvalue weighted by Crippen LogP contribution is 2.52. The Morgan fingerprint density at radius 1 is 1.06 bits per heavy atom. The molecule has 0 radical (unpaired) electrons. The van der Waals surface area contributed by atoms with Crippen LogP contribution in [0.25, 0.3) is 11.1 Å². The first kappa shape index (κ1) is 9.25. The molecule has 2 aromatic rings. The molecule has 2 aliphatic rings. The van der Waals surface area contributed by atoms with Crippen LogP contribution in [0.5, 0.6) is 11.5 Å². The summed E-state index contributed by atoms with van der Waals surface area (Å²) in [6.45, 7) is 0.887. The predicted molar refractivity (Wildman–Crippen MR) is 65.4 cm³/mol. The third-order valence-electron chi connectivity index (χ3n) is 3.31. The molecule has 0 N–H and O–H groups in total. The van der Waals surface area contributed by atoms with Crippen LogP contribution >= 0.6 is 0 Å². The van der Waals surface area contributed by atoms with E-state index < -0.39 is 0 Å². The molecule has 0 spiro atoms. The van der Waals surface area contributed by atoms with Gasteiger partial charge in [0.1, 0.15) is 0 Å². The van der Waals surface area contributed by atoms with E-state index in [1.54, 1.807) is 0 Å². The van der Waals surface area contributed by atoms with Gasteiger partial charge in [-0.1, -0.05) is 36.4 Å². The fourth-order valence-corrected chi connectivity index (χ4v) is 2.29. The van der Waals surface area contributed by atoms with E-state index >= 15 is 0 Å². The Bertz CT molecular complexity index is 571. The molecule has 1 unspecified atom stereocenters. The van der Waals surface area contributed by atoms with Crippen molar-refractivity contribution in [3.05, 3.63) is 48.0 Å². The first-order chi connectivity index (χ1) is 8.42. The van der Waals surface area contributed by atoms with Gasteiger partial charge in [0.05, 0.1) is 12.7 Å². The van der Waals surface area contributed by atoms with Crippen molar-refractivity contribution >= 4 is 0 Å². The van der Waals surface area contributed by atoms with Crippen molar-refractivity contribution in [2.24, 2.45) is 0 Å². The zero-order valence-electron chi connectivity index (χ0n) is 9.35. The summed E-state index contributed by atoms with van der Waals surface area (Å²) in [5.41, 5.74) is 3.83. The average molecular weight is 224 g/mol. The number of rotatable bonds is 3. The molecule has 0 aliphatic carbocycles. The predicted octanol–water partition coefficient (Wildman–Crippen LogP) is 3.40. The number of fused-ring (bicyclic) bond motifs is 1. The SMILES string of the molecule is c1ccc(-c2ccc3c(c2CC2CO2)O3)cc1. The maximum Gasteiger partial charge on any atom is 0.174 e. The first-order valence-electron chi connectivity index (χ1n) is 5.92. The van der Waals surface area contributed by atoms with Gasteiger partial charge in [0.15, 0.2) is 11.5 Å². The van der Waals surface area contributed by atoms with Gasteiger partial charge < -0.3 is 9.47 Å². The fourth-order valence-electron chi connectivity index (χ4n) is 2.29. The first-order valence-corrected chi connectivity index (χ1v) is 5.92. The maximum atomic E-state index is 5.50. The molecule has 2 aliphatic heterocycles. The summed E-state index contributed by atoms with van der Waals surface area (Å²) in [4.78, 5) is 0. The molecule has 2 aromatic carbocycles. The van der Waals surface area contributed by atoms with Gasteiger partial charge in [-0.15, -0.1) is 0 Å². The minimum Gasteiger partial charge on any atom is -0.449 e. The zero-order chi connectivity index (χ0) is 11.2. The Morgan fingerprint density at radius 3 is 2.65 bits per heavy atom. The van der Waals surface area contributed by atoms with Crippen LogP contribution in [-0.4, -0.2) is 12.7 Å². The molecule has 0 aromatic heterocycles. The maximum absolute atomic E-state index is 5.50. The van der Waals surface area contributed by atoms with Gasteiger partial charge in [-0.3, -0.25) is 0 Å². The van der Waals surface area contributed by atoms with Crippen molar-refractivity contribution in [2.75, 3.05) is 6.61 Å². The molecule has 1 saturated heterocycles. The van der Waals surface area contributed by atoms with Crippen molar-refractivity contribution in [3.8, 4) is 22.6 Å². The molecule has 0 bridgehead atoms. The van der Waals surface area contributed by atoms with Crippen LogP contribution in [-0.2, 0) is 11.2 Å². The lowest BCUT2D eigenvalue weighted by Gasteiger charge is -2.05. The van der Waals surface area contributed by atoms with Crippen molar-refractivity contribution < 1.29 is 9.47 Å². The summed E-state index contributed by atoms with van der Waals surface area (Å²) in [7, 11) is 0. The largest absolute Gasteiger partial charge is 0.449 e. The highest BCUT2D eigenvalue weighted by molar-refractivity contribution is 5.76. The number of benzene rings is 2. The molecule has 0 saturated carbocycles. The highest BCUT2D eigenvalue weighted by atomic mass is 16.6. The molecular formula is C15H12O2. The van der Waals surface area contributed by atoms with E-state index in [0.29, 0.717) is 6.10 Å². The zero-order valence-corrected chi connectivity index (χ0v) is 9.35. The molecule has 2 heteroatoms. The van der Waals surface area contributed by atoms with Crippen molar-refractivity contribution in [3.63, 3.8) is 0 Å². The van der Waals surface area contributed by atoms with Crippen LogP contribution in [0.3, 0.4) is 0 Å². The van der Waals surface area contributed by atoms with Crippen molar-refractivity contribution in [1.29, 1.82) is 0 Å². The fraction of sp³-hybridized carbons (Fsp3) is 0.200. The third kappa shape index (κ3) is 1.61. The van der Waals surface area contributed by atoms with Crippen LogP contribution in [0.15, 0.2) is 42.5 Å². The van der Waals surface area contributed by atoms with E-state index in [1.807, 2.05) is 6.07 Å². The number of epoxide rings is 1. The van der Waals surface area contributed by atoms with Crippen molar-refractivity contribution in [2.45, 2.75) is 12.5 Å². The monoisotopic (exact) mass is 224 g/mol. The second-order valence-electron chi connectivity index (χ2n) is 4.55. The summed E-state index contributed by atoms with van der Waals surface area (Å²) in [6, 6.07) is 14.7.